The molecule has 1 N–H and O–H groups in total. The molecule has 25 heavy (non-hydrogen) atoms. The summed E-state index contributed by atoms with van der Waals surface area (Å²) in [6.07, 6.45) is 0.680. The molecule has 5 nitrogen and oxygen atoms in total. The fraction of sp³-hybridized carbons (Fsp3) is 0.278. The van der Waals surface area contributed by atoms with E-state index in [0.29, 0.717) is 18.7 Å². The van der Waals surface area contributed by atoms with Gasteiger partial charge in [0.15, 0.2) is 0 Å². The summed E-state index contributed by atoms with van der Waals surface area (Å²) >= 11 is 0. The van der Waals surface area contributed by atoms with Crippen molar-refractivity contribution in [3.8, 4) is 0 Å². The van der Waals surface area contributed by atoms with Crippen molar-refractivity contribution < 1.29 is 17.6 Å². The van der Waals surface area contributed by atoms with Gasteiger partial charge in [-0.05, 0) is 54.4 Å². The number of anilines is 2. The van der Waals surface area contributed by atoms with Crippen LogP contribution < -0.4 is 9.62 Å². The first kappa shape index (κ1) is 17.4. The van der Waals surface area contributed by atoms with Crippen LogP contribution in [0.4, 0.5) is 15.8 Å². The average molecular weight is 362 g/mol. The maximum atomic E-state index is 13.0. The zero-order valence-electron chi connectivity index (χ0n) is 14.0. The highest BCUT2D eigenvalue weighted by molar-refractivity contribution is 7.92. The summed E-state index contributed by atoms with van der Waals surface area (Å²) in [5, 5.41) is 0. The van der Waals surface area contributed by atoms with Crippen LogP contribution in [0.25, 0.3) is 0 Å². The second-order valence-electron chi connectivity index (χ2n) is 6.30. The Morgan fingerprint density at radius 2 is 1.84 bits per heavy atom. The minimum absolute atomic E-state index is 0.00832. The Morgan fingerprint density at radius 1 is 1.16 bits per heavy atom. The molecule has 3 rings (SSSR count). The quantitative estimate of drug-likeness (QED) is 0.908. The Morgan fingerprint density at radius 3 is 2.48 bits per heavy atom. The van der Waals surface area contributed by atoms with Gasteiger partial charge in [0.2, 0.25) is 5.91 Å². The number of fused-ring (bicyclic) bond motifs is 1. The van der Waals surface area contributed by atoms with E-state index in [9.17, 15) is 17.6 Å². The maximum absolute atomic E-state index is 13.0. The Balaban J connectivity index is 1.84. The van der Waals surface area contributed by atoms with E-state index in [4.69, 9.17) is 0 Å². The first-order chi connectivity index (χ1) is 11.8. The van der Waals surface area contributed by atoms with E-state index < -0.39 is 15.8 Å². The predicted octanol–water partition coefficient (Wildman–Crippen LogP) is 3.17. The van der Waals surface area contributed by atoms with Gasteiger partial charge < -0.3 is 4.90 Å². The summed E-state index contributed by atoms with van der Waals surface area (Å²) in [6, 6.07) is 9.77. The molecule has 0 aromatic heterocycles. The highest BCUT2D eigenvalue weighted by Crippen LogP contribution is 2.32. The van der Waals surface area contributed by atoms with Gasteiger partial charge in [0, 0.05) is 23.8 Å². The number of amides is 1. The summed E-state index contributed by atoms with van der Waals surface area (Å²) in [5.41, 5.74) is 2.17. The van der Waals surface area contributed by atoms with Crippen LogP contribution in [0.5, 0.6) is 0 Å². The molecule has 1 aliphatic rings. The van der Waals surface area contributed by atoms with Crippen LogP contribution >= 0.6 is 0 Å². The van der Waals surface area contributed by atoms with Crippen molar-refractivity contribution in [1.29, 1.82) is 0 Å². The number of hydrogen-bond donors (Lipinski definition) is 1. The second-order valence-corrected chi connectivity index (χ2v) is 7.98. The van der Waals surface area contributed by atoms with Gasteiger partial charge in [-0.1, -0.05) is 13.8 Å². The third-order valence-electron chi connectivity index (χ3n) is 4.11. The van der Waals surface area contributed by atoms with E-state index in [0.717, 1.165) is 23.4 Å². The monoisotopic (exact) mass is 362 g/mol. The number of nitrogens with one attached hydrogen (secondary N) is 1. The maximum Gasteiger partial charge on any atom is 0.261 e. The molecule has 0 atom stereocenters. The molecule has 0 unspecified atom stereocenters. The molecule has 2 aromatic rings. The zero-order chi connectivity index (χ0) is 18.2. The molecule has 0 aliphatic carbocycles. The van der Waals surface area contributed by atoms with Crippen molar-refractivity contribution in [2.75, 3.05) is 16.2 Å². The molecule has 0 fully saturated rings. The van der Waals surface area contributed by atoms with Gasteiger partial charge in [0.1, 0.15) is 5.82 Å². The number of nitrogens with zero attached hydrogens (tertiary/aromatic N) is 1. The van der Waals surface area contributed by atoms with Crippen molar-refractivity contribution in [1.82, 2.24) is 0 Å². The Labute approximate surface area is 146 Å². The van der Waals surface area contributed by atoms with Crippen LogP contribution in [0.1, 0.15) is 19.4 Å². The van der Waals surface area contributed by atoms with Gasteiger partial charge in [0.05, 0.1) is 4.90 Å². The van der Waals surface area contributed by atoms with Crippen LogP contribution in [0, 0.1) is 11.7 Å². The van der Waals surface area contributed by atoms with Crippen LogP contribution in [0.2, 0.25) is 0 Å². The van der Waals surface area contributed by atoms with Gasteiger partial charge in [-0.2, -0.15) is 0 Å². The van der Waals surface area contributed by atoms with Crippen LogP contribution in [0.3, 0.4) is 0 Å². The summed E-state index contributed by atoms with van der Waals surface area (Å²) in [6.45, 7) is 4.30. The number of carbonyl (C=O) groups is 1. The van der Waals surface area contributed by atoms with Crippen molar-refractivity contribution in [3.63, 3.8) is 0 Å². The number of benzene rings is 2. The third-order valence-corrected chi connectivity index (χ3v) is 5.51. The van der Waals surface area contributed by atoms with E-state index in [1.54, 1.807) is 23.1 Å². The van der Waals surface area contributed by atoms with Gasteiger partial charge in [-0.25, -0.2) is 12.8 Å². The van der Waals surface area contributed by atoms with Gasteiger partial charge in [0.25, 0.3) is 10.0 Å². The topological polar surface area (TPSA) is 66.5 Å². The normalized spacial score (nSPS) is 13.8. The van der Waals surface area contributed by atoms with E-state index >= 15 is 0 Å². The Hall–Kier alpha value is -2.41. The van der Waals surface area contributed by atoms with Gasteiger partial charge in [-0.15, -0.1) is 0 Å². The molecule has 2 aromatic carbocycles. The molecule has 1 amide bonds. The van der Waals surface area contributed by atoms with Gasteiger partial charge in [-0.3, -0.25) is 9.52 Å². The standard InChI is InChI=1S/C18H19FN2O3S/c1-12(2)18(22)21-10-9-13-11-15(5-8-17(13)21)20-25(23,24)16-6-3-14(19)4-7-16/h3-8,11-12,20H,9-10H2,1-2H3. The molecule has 1 heterocycles. The minimum Gasteiger partial charge on any atom is -0.312 e. The molecule has 7 heteroatoms. The largest absolute Gasteiger partial charge is 0.312 e. The van der Waals surface area contributed by atoms with Gasteiger partial charge >= 0.3 is 0 Å². The summed E-state index contributed by atoms with van der Waals surface area (Å²) in [7, 11) is -3.79. The third kappa shape index (κ3) is 3.51. The number of carbonyl (C=O) groups excluding carboxylic acids is 1. The number of rotatable bonds is 4. The lowest BCUT2D eigenvalue weighted by atomic mass is 10.1. The van der Waals surface area contributed by atoms with Crippen molar-refractivity contribution >= 4 is 27.3 Å². The van der Waals surface area contributed by atoms with E-state index in [2.05, 4.69) is 4.72 Å². The molecule has 0 saturated carbocycles. The second kappa shape index (κ2) is 6.48. The molecule has 0 spiro atoms. The fourth-order valence-corrected chi connectivity index (χ4v) is 3.88. The molecule has 0 radical (unpaired) electrons. The van der Waals surface area contributed by atoms with E-state index in [-0.39, 0.29) is 16.7 Å². The lowest BCUT2D eigenvalue weighted by Gasteiger charge is -2.19. The van der Waals surface area contributed by atoms with Crippen LogP contribution in [-0.4, -0.2) is 20.9 Å². The highest BCUT2D eigenvalue weighted by atomic mass is 32.2. The first-order valence-electron chi connectivity index (χ1n) is 8.00. The van der Waals surface area contributed by atoms with Crippen LogP contribution in [-0.2, 0) is 21.2 Å². The number of hydrogen-bond acceptors (Lipinski definition) is 3. The predicted molar refractivity (Wildman–Crippen MR) is 94.5 cm³/mol. The SMILES string of the molecule is CC(C)C(=O)N1CCc2cc(NS(=O)(=O)c3ccc(F)cc3)ccc21. The Bertz CT molecular complexity index is 908. The minimum atomic E-state index is -3.79. The van der Waals surface area contributed by atoms with Crippen molar-refractivity contribution in [2.24, 2.45) is 5.92 Å². The molecule has 0 saturated heterocycles. The van der Waals surface area contributed by atoms with Crippen LogP contribution in [0.15, 0.2) is 47.4 Å². The molecular formula is C18H19FN2O3S. The van der Waals surface area contributed by atoms with Crippen molar-refractivity contribution in [2.45, 2.75) is 25.2 Å². The zero-order valence-corrected chi connectivity index (χ0v) is 14.8. The summed E-state index contributed by atoms with van der Waals surface area (Å²) in [4.78, 5) is 13.9. The Kier molecular flexibility index (Phi) is 4.51. The summed E-state index contributed by atoms with van der Waals surface area (Å²) < 4.78 is 40.2. The first-order valence-corrected chi connectivity index (χ1v) is 9.49. The molecule has 132 valence electrons. The molecule has 0 bridgehead atoms. The molecule has 1 aliphatic heterocycles. The van der Waals surface area contributed by atoms with E-state index in [1.165, 1.54) is 12.1 Å². The average Bonchev–Trinajstić information content (AvgIpc) is 2.97. The smallest absolute Gasteiger partial charge is 0.261 e. The lowest BCUT2D eigenvalue weighted by Crippen LogP contribution is -2.32. The number of sulfonamides is 1. The summed E-state index contributed by atoms with van der Waals surface area (Å²) in [5.74, 6) is -0.535. The lowest BCUT2D eigenvalue weighted by molar-refractivity contribution is -0.121. The number of halogens is 1. The van der Waals surface area contributed by atoms with E-state index in [1.807, 2.05) is 13.8 Å². The fourth-order valence-electron chi connectivity index (χ4n) is 2.83. The molecular weight excluding hydrogens is 343 g/mol. The van der Waals surface area contributed by atoms with Crippen molar-refractivity contribution in [3.05, 3.63) is 53.8 Å². The highest BCUT2D eigenvalue weighted by Gasteiger charge is 2.26.